The van der Waals surface area contributed by atoms with Crippen LogP contribution < -0.4 is 0 Å². The van der Waals surface area contributed by atoms with Gasteiger partial charge in [-0.3, -0.25) is 4.79 Å². The van der Waals surface area contributed by atoms with Crippen LogP contribution in [0.25, 0.3) is 0 Å². The number of halogens is 2. The van der Waals surface area contributed by atoms with E-state index in [1.165, 1.54) is 24.3 Å². The van der Waals surface area contributed by atoms with E-state index in [1.807, 2.05) is 0 Å². The quantitative estimate of drug-likeness (QED) is 0.601. The number of benzene rings is 1. The summed E-state index contributed by atoms with van der Waals surface area (Å²) in [7, 11) is 0. The molecule has 0 saturated heterocycles. The second kappa shape index (κ2) is 2.45. The maximum Gasteiger partial charge on any atom is 0.309 e. The molecule has 2 nitrogen and oxygen atoms in total. The number of carbonyl (C=O) groups excluding carboxylic acids is 1. The highest BCUT2D eigenvalue weighted by molar-refractivity contribution is 6.04. The van der Waals surface area contributed by atoms with E-state index in [4.69, 9.17) is 0 Å². The van der Waals surface area contributed by atoms with Gasteiger partial charge in [-0.2, -0.15) is 8.78 Å². The Morgan fingerprint density at radius 1 is 1.23 bits per heavy atom. The minimum absolute atomic E-state index is 0.0185. The van der Waals surface area contributed by atoms with E-state index in [9.17, 15) is 13.6 Å². The number of carbonyl (C=O) groups is 1. The molecule has 1 amide bonds. The molecule has 66 valence electrons. The van der Waals surface area contributed by atoms with Crippen LogP contribution in [-0.2, 0) is 5.92 Å². The molecule has 0 fully saturated rings. The van der Waals surface area contributed by atoms with Crippen molar-refractivity contribution in [2.24, 2.45) is 4.99 Å². The zero-order chi connectivity index (χ0) is 9.47. The lowest BCUT2D eigenvalue weighted by atomic mass is 9.99. The van der Waals surface area contributed by atoms with Crippen LogP contribution in [-0.4, -0.2) is 12.1 Å². The van der Waals surface area contributed by atoms with Crippen LogP contribution in [0.1, 0.15) is 15.9 Å². The van der Waals surface area contributed by atoms with Gasteiger partial charge in [0.2, 0.25) is 0 Å². The molecule has 13 heavy (non-hydrogen) atoms. The lowest BCUT2D eigenvalue weighted by molar-refractivity contribution is 0.0732. The number of fused-ring (bicyclic) bond motifs is 1. The van der Waals surface area contributed by atoms with Crippen molar-refractivity contribution in [1.82, 2.24) is 0 Å². The minimum atomic E-state index is -3.12. The van der Waals surface area contributed by atoms with E-state index >= 15 is 0 Å². The fourth-order valence-corrected chi connectivity index (χ4v) is 1.24. The van der Waals surface area contributed by atoms with E-state index in [-0.39, 0.29) is 11.1 Å². The molecule has 2 rings (SSSR count). The normalized spacial score (nSPS) is 18.5. The molecule has 0 bridgehead atoms. The zero-order valence-corrected chi connectivity index (χ0v) is 6.50. The highest BCUT2D eigenvalue weighted by Crippen LogP contribution is 2.31. The van der Waals surface area contributed by atoms with Gasteiger partial charge in [-0.1, -0.05) is 18.2 Å². The molecule has 1 aliphatic rings. The molecular weight excluding hydrogens is 176 g/mol. The van der Waals surface area contributed by atoms with E-state index < -0.39 is 11.8 Å². The Bertz CT molecular complexity index is 398. The van der Waals surface area contributed by atoms with Gasteiger partial charge in [-0.25, -0.2) is 4.99 Å². The molecule has 1 heterocycles. The third-order valence-electron chi connectivity index (χ3n) is 1.86. The SMILES string of the molecule is O=C1N=CC(F)(F)c2ccccc21. The van der Waals surface area contributed by atoms with Crippen molar-refractivity contribution < 1.29 is 13.6 Å². The van der Waals surface area contributed by atoms with Gasteiger partial charge in [0.25, 0.3) is 5.91 Å². The lowest BCUT2D eigenvalue weighted by Crippen LogP contribution is -2.24. The van der Waals surface area contributed by atoms with Crippen molar-refractivity contribution in [2.75, 3.05) is 0 Å². The van der Waals surface area contributed by atoms with Crippen LogP contribution in [0.4, 0.5) is 8.78 Å². The molecule has 0 saturated carbocycles. The second-order valence-electron chi connectivity index (χ2n) is 2.73. The summed E-state index contributed by atoms with van der Waals surface area (Å²) in [6.45, 7) is 0. The topological polar surface area (TPSA) is 29.4 Å². The molecule has 0 atom stereocenters. The summed E-state index contributed by atoms with van der Waals surface area (Å²) >= 11 is 0. The average Bonchev–Trinajstić information content (AvgIpc) is 2.13. The maximum absolute atomic E-state index is 13.1. The average molecular weight is 181 g/mol. The van der Waals surface area contributed by atoms with Gasteiger partial charge < -0.3 is 0 Å². The number of hydrogen-bond donors (Lipinski definition) is 0. The van der Waals surface area contributed by atoms with Gasteiger partial charge in [0.15, 0.2) is 0 Å². The largest absolute Gasteiger partial charge is 0.309 e. The first-order valence-corrected chi connectivity index (χ1v) is 3.68. The molecular formula is C9H5F2NO. The zero-order valence-electron chi connectivity index (χ0n) is 6.50. The number of aliphatic imine (C=N–C) groups is 1. The van der Waals surface area contributed by atoms with E-state index in [1.54, 1.807) is 0 Å². The predicted molar refractivity (Wildman–Crippen MR) is 43.2 cm³/mol. The second-order valence-corrected chi connectivity index (χ2v) is 2.73. The van der Waals surface area contributed by atoms with Gasteiger partial charge in [0.05, 0.1) is 11.8 Å². The van der Waals surface area contributed by atoms with Gasteiger partial charge in [0, 0.05) is 5.56 Å². The fraction of sp³-hybridized carbons (Fsp3) is 0.111. The Labute approximate surface area is 72.9 Å². The lowest BCUT2D eigenvalue weighted by Gasteiger charge is -2.17. The van der Waals surface area contributed by atoms with E-state index in [0.717, 1.165) is 0 Å². The summed E-state index contributed by atoms with van der Waals surface area (Å²) in [6.07, 6.45) is 0.387. The third-order valence-corrected chi connectivity index (χ3v) is 1.86. The molecule has 1 aromatic rings. The Hall–Kier alpha value is -1.58. The first kappa shape index (κ1) is 8.04. The first-order chi connectivity index (χ1) is 6.11. The highest BCUT2D eigenvalue weighted by atomic mass is 19.3. The number of nitrogens with zero attached hydrogens (tertiary/aromatic N) is 1. The molecule has 1 aromatic carbocycles. The van der Waals surface area contributed by atoms with Gasteiger partial charge in [-0.15, -0.1) is 0 Å². The van der Waals surface area contributed by atoms with Gasteiger partial charge in [0.1, 0.15) is 0 Å². The van der Waals surface area contributed by atoms with E-state index in [2.05, 4.69) is 4.99 Å². The van der Waals surface area contributed by atoms with E-state index in [0.29, 0.717) is 6.21 Å². The van der Waals surface area contributed by atoms with Crippen molar-refractivity contribution in [3.8, 4) is 0 Å². The maximum atomic E-state index is 13.1. The minimum Gasteiger partial charge on any atom is -0.267 e. The number of alkyl halides is 2. The van der Waals surface area contributed by atoms with Crippen molar-refractivity contribution in [2.45, 2.75) is 5.92 Å². The molecule has 0 spiro atoms. The molecule has 0 N–H and O–H groups in total. The van der Waals surface area contributed by atoms with Crippen molar-refractivity contribution in [1.29, 1.82) is 0 Å². The summed E-state index contributed by atoms with van der Waals surface area (Å²) in [5.74, 6) is -3.73. The summed E-state index contributed by atoms with van der Waals surface area (Å²) in [5, 5.41) is 0. The molecule has 0 aliphatic carbocycles. The molecule has 0 unspecified atom stereocenters. The van der Waals surface area contributed by atoms with Gasteiger partial charge in [-0.05, 0) is 6.07 Å². The first-order valence-electron chi connectivity index (χ1n) is 3.68. The Kier molecular flexibility index (Phi) is 1.52. The standard InChI is InChI=1S/C9H5F2NO/c10-9(11)5-12-8(13)6-3-1-2-4-7(6)9/h1-5H. The Balaban J connectivity index is 2.68. The van der Waals surface area contributed by atoms with Crippen LogP contribution in [0.2, 0.25) is 0 Å². The smallest absolute Gasteiger partial charge is 0.267 e. The summed E-state index contributed by atoms with van der Waals surface area (Å²) < 4.78 is 26.1. The summed E-state index contributed by atoms with van der Waals surface area (Å²) in [6, 6.07) is 5.59. The molecule has 4 heteroatoms. The van der Waals surface area contributed by atoms with Crippen LogP contribution in [0, 0.1) is 0 Å². The summed E-state index contributed by atoms with van der Waals surface area (Å²) in [5.41, 5.74) is -0.287. The van der Waals surface area contributed by atoms with Gasteiger partial charge >= 0.3 is 5.92 Å². The summed E-state index contributed by atoms with van der Waals surface area (Å²) in [4.78, 5) is 14.2. The Morgan fingerprint density at radius 3 is 2.62 bits per heavy atom. The van der Waals surface area contributed by atoms with Crippen LogP contribution in [0.15, 0.2) is 29.3 Å². The highest BCUT2D eigenvalue weighted by Gasteiger charge is 2.36. The van der Waals surface area contributed by atoms with Crippen molar-refractivity contribution in [3.63, 3.8) is 0 Å². The molecule has 0 aromatic heterocycles. The number of amides is 1. The van der Waals surface area contributed by atoms with Crippen LogP contribution >= 0.6 is 0 Å². The number of rotatable bonds is 0. The Morgan fingerprint density at radius 2 is 1.92 bits per heavy atom. The van der Waals surface area contributed by atoms with Crippen LogP contribution in [0.3, 0.4) is 0 Å². The van der Waals surface area contributed by atoms with Crippen molar-refractivity contribution >= 4 is 12.1 Å². The predicted octanol–water partition coefficient (Wildman–Crippen LogP) is 2.00. The fourth-order valence-electron chi connectivity index (χ4n) is 1.24. The third kappa shape index (κ3) is 1.14. The number of hydrogen-bond acceptors (Lipinski definition) is 1. The molecule has 1 aliphatic heterocycles. The van der Waals surface area contributed by atoms with Crippen molar-refractivity contribution in [3.05, 3.63) is 35.4 Å². The van der Waals surface area contributed by atoms with Crippen LogP contribution in [0.5, 0.6) is 0 Å². The molecule has 0 radical (unpaired) electrons. The monoisotopic (exact) mass is 181 g/mol.